The van der Waals surface area contributed by atoms with Crippen molar-refractivity contribution in [3.63, 3.8) is 0 Å². The van der Waals surface area contributed by atoms with Crippen LogP contribution in [0.1, 0.15) is 40.2 Å². The lowest BCUT2D eigenvalue weighted by atomic mass is 10.1. The Hall–Kier alpha value is -2.52. The third-order valence-corrected chi connectivity index (χ3v) is 5.26. The van der Waals surface area contributed by atoms with E-state index in [-0.39, 0.29) is 36.4 Å². The van der Waals surface area contributed by atoms with Gasteiger partial charge in [-0.2, -0.15) is 13.2 Å². The van der Waals surface area contributed by atoms with E-state index < -0.39 is 28.8 Å². The van der Waals surface area contributed by atoms with Gasteiger partial charge in [-0.05, 0) is 58.6 Å². The van der Waals surface area contributed by atoms with Gasteiger partial charge in [0.15, 0.2) is 0 Å². The highest BCUT2D eigenvalue weighted by molar-refractivity contribution is 5.84. The topological polar surface area (TPSA) is 80.8 Å². The minimum atomic E-state index is -4.58. The Morgan fingerprint density at radius 1 is 1.16 bits per heavy atom. The molecule has 1 aliphatic carbocycles. The summed E-state index contributed by atoms with van der Waals surface area (Å²) in [5.74, 6) is -0.801. The molecule has 1 aromatic heterocycles. The average Bonchev–Trinajstić information content (AvgIpc) is 3.12. The van der Waals surface area contributed by atoms with E-state index in [1.54, 1.807) is 39.5 Å². The Kier molecular flexibility index (Phi) is 5.88. The number of rotatable bonds is 5. The maximum Gasteiger partial charge on any atom is 0.421 e. The maximum atomic E-state index is 13.1. The molecule has 2 amide bonds. The molecule has 1 saturated carbocycles. The van der Waals surface area contributed by atoms with Crippen LogP contribution in [-0.2, 0) is 15.7 Å². The van der Waals surface area contributed by atoms with E-state index in [4.69, 9.17) is 9.47 Å². The van der Waals surface area contributed by atoms with Crippen LogP contribution in [-0.4, -0.2) is 52.7 Å². The monoisotopic (exact) mass is 443 g/mol. The van der Waals surface area contributed by atoms with E-state index in [0.29, 0.717) is 13.1 Å². The summed E-state index contributed by atoms with van der Waals surface area (Å²) >= 11 is 0. The number of nitrogens with zero attached hydrogens (tertiary/aromatic N) is 2. The first-order valence-corrected chi connectivity index (χ1v) is 10.1. The molecule has 7 nitrogen and oxygen atoms in total. The van der Waals surface area contributed by atoms with E-state index in [1.165, 1.54) is 12.3 Å². The van der Waals surface area contributed by atoms with Crippen LogP contribution in [0.4, 0.5) is 18.0 Å². The van der Waals surface area contributed by atoms with Gasteiger partial charge in [0.1, 0.15) is 17.8 Å². The summed E-state index contributed by atoms with van der Waals surface area (Å²) in [7, 11) is 0. The van der Waals surface area contributed by atoms with Gasteiger partial charge < -0.3 is 19.7 Å². The second-order valence-corrected chi connectivity index (χ2v) is 9.75. The predicted molar refractivity (Wildman–Crippen MR) is 105 cm³/mol. The number of pyridine rings is 1. The molecule has 2 heterocycles. The van der Waals surface area contributed by atoms with Crippen LogP contribution in [0.2, 0.25) is 0 Å². The standard InChI is InChI=1S/C21H28F3N3O4/c1-19(2,3)31-18(29)27-9-12-13(10-27)15(12)16(28)26-20(4,5)11-30-17-14(21(22,23)24)7-6-8-25-17/h6-8,12-13,15H,9-11H2,1-5H3,(H,26,28)/t12-,13+,15+. The van der Waals surface area contributed by atoms with E-state index in [2.05, 4.69) is 10.3 Å². The molecule has 0 unspecified atom stereocenters. The summed E-state index contributed by atoms with van der Waals surface area (Å²) in [5.41, 5.74) is -2.44. The van der Waals surface area contributed by atoms with Gasteiger partial charge in [-0.15, -0.1) is 0 Å². The molecular weight excluding hydrogens is 415 g/mol. The fraction of sp³-hybridized carbons (Fsp3) is 0.667. The molecule has 31 heavy (non-hydrogen) atoms. The second-order valence-electron chi connectivity index (χ2n) is 9.75. The van der Waals surface area contributed by atoms with Crippen molar-refractivity contribution >= 4 is 12.0 Å². The molecule has 0 aromatic carbocycles. The fourth-order valence-electron chi connectivity index (χ4n) is 3.81. The van der Waals surface area contributed by atoms with E-state index >= 15 is 0 Å². The summed E-state index contributed by atoms with van der Waals surface area (Å²) < 4.78 is 49.9. The van der Waals surface area contributed by atoms with Crippen molar-refractivity contribution in [3.05, 3.63) is 23.9 Å². The van der Waals surface area contributed by atoms with Gasteiger partial charge >= 0.3 is 12.3 Å². The molecular formula is C21H28F3N3O4. The number of halogens is 3. The van der Waals surface area contributed by atoms with Gasteiger partial charge in [-0.25, -0.2) is 9.78 Å². The van der Waals surface area contributed by atoms with Crippen molar-refractivity contribution in [1.82, 2.24) is 15.2 Å². The lowest BCUT2D eigenvalue weighted by Crippen LogP contribution is -2.49. The molecule has 3 rings (SSSR count). The van der Waals surface area contributed by atoms with Gasteiger partial charge in [0.05, 0.1) is 5.54 Å². The number of likely N-dealkylation sites (tertiary alicyclic amines) is 1. The molecule has 1 aliphatic heterocycles. The Balaban J connectivity index is 1.51. The number of amides is 2. The highest BCUT2D eigenvalue weighted by Gasteiger charge is 2.61. The van der Waals surface area contributed by atoms with Crippen molar-refractivity contribution < 1.29 is 32.2 Å². The quantitative estimate of drug-likeness (QED) is 0.754. The molecule has 0 spiro atoms. The van der Waals surface area contributed by atoms with Crippen molar-refractivity contribution in [2.45, 2.75) is 51.9 Å². The van der Waals surface area contributed by atoms with Gasteiger partial charge in [-0.1, -0.05) is 0 Å². The van der Waals surface area contributed by atoms with E-state index in [1.807, 2.05) is 0 Å². The van der Waals surface area contributed by atoms with Crippen molar-refractivity contribution in [2.24, 2.45) is 17.8 Å². The molecule has 172 valence electrons. The zero-order valence-corrected chi connectivity index (χ0v) is 18.2. The third-order valence-electron chi connectivity index (χ3n) is 5.26. The average molecular weight is 443 g/mol. The number of carbonyl (C=O) groups excluding carboxylic acids is 2. The zero-order valence-electron chi connectivity index (χ0n) is 18.2. The first kappa shape index (κ1) is 23.1. The Morgan fingerprint density at radius 2 is 1.77 bits per heavy atom. The summed E-state index contributed by atoms with van der Waals surface area (Å²) in [6.45, 7) is 9.47. The Bertz CT molecular complexity index is 839. The smallest absolute Gasteiger partial charge is 0.421 e. The number of ether oxygens (including phenoxy) is 2. The first-order chi connectivity index (χ1) is 14.2. The summed E-state index contributed by atoms with van der Waals surface area (Å²) in [6.07, 6.45) is -3.75. The SMILES string of the molecule is CC(C)(COc1ncccc1C(F)(F)F)NC(=O)[C@H]1[C@@H]2CN(C(=O)OC(C)(C)C)C[C@@H]21. The second kappa shape index (κ2) is 7.87. The number of piperidine rings is 1. The summed E-state index contributed by atoms with van der Waals surface area (Å²) in [4.78, 5) is 30.1. The molecule has 2 fully saturated rings. The third kappa shape index (κ3) is 5.59. The largest absolute Gasteiger partial charge is 0.475 e. The minimum absolute atomic E-state index is 0.0665. The maximum absolute atomic E-state index is 13.1. The lowest BCUT2D eigenvalue weighted by molar-refractivity contribution is -0.139. The number of fused-ring (bicyclic) bond motifs is 1. The molecule has 1 saturated heterocycles. The van der Waals surface area contributed by atoms with Crippen LogP contribution in [0.15, 0.2) is 18.3 Å². The van der Waals surface area contributed by atoms with Gasteiger partial charge in [0, 0.05) is 25.2 Å². The van der Waals surface area contributed by atoms with Crippen molar-refractivity contribution in [2.75, 3.05) is 19.7 Å². The summed E-state index contributed by atoms with van der Waals surface area (Å²) in [6, 6.07) is 2.09. The van der Waals surface area contributed by atoms with Crippen LogP contribution >= 0.6 is 0 Å². The number of nitrogens with one attached hydrogen (secondary N) is 1. The highest BCUT2D eigenvalue weighted by atomic mass is 19.4. The van der Waals surface area contributed by atoms with E-state index in [0.717, 1.165) is 6.07 Å². The van der Waals surface area contributed by atoms with Crippen LogP contribution in [0.5, 0.6) is 5.88 Å². The molecule has 2 aliphatic rings. The number of hydrogen-bond donors (Lipinski definition) is 1. The van der Waals surface area contributed by atoms with Gasteiger partial charge in [0.25, 0.3) is 0 Å². The van der Waals surface area contributed by atoms with Crippen LogP contribution in [0.3, 0.4) is 0 Å². The number of aromatic nitrogens is 1. The van der Waals surface area contributed by atoms with E-state index in [9.17, 15) is 22.8 Å². The Labute approximate surface area is 179 Å². The lowest BCUT2D eigenvalue weighted by Gasteiger charge is -2.28. The summed E-state index contributed by atoms with van der Waals surface area (Å²) in [5, 5.41) is 2.85. The van der Waals surface area contributed by atoms with Gasteiger partial charge in [-0.3, -0.25) is 4.79 Å². The molecule has 1 N–H and O–H groups in total. The molecule has 0 radical (unpaired) electrons. The molecule has 1 aromatic rings. The van der Waals surface area contributed by atoms with Crippen LogP contribution in [0, 0.1) is 17.8 Å². The van der Waals surface area contributed by atoms with Crippen molar-refractivity contribution in [1.29, 1.82) is 0 Å². The molecule has 3 atom stereocenters. The first-order valence-electron chi connectivity index (χ1n) is 10.1. The number of hydrogen-bond acceptors (Lipinski definition) is 5. The zero-order chi connectivity index (χ0) is 23.2. The van der Waals surface area contributed by atoms with Crippen LogP contribution in [0.25, 0.3) is 0 Å². The Morgan fingerprint density at radius 3 is 2.32 bits per heavy atom. The molecule has 0 bridgehead atoms. The predicted octanol–water partition coefficient (Wildman–Crippen LogP) is 3.49. The number of carbonyl (C=O) groups is 2. The minimum Gasteiger partial charge on any atom is -0.475 e. The van der Waals surface area contributed by atoms with Crippen LogP contribution < -0.4 is 10.1 Å². The normalized spacial score (nSPS) is 23.2. The number of alkyl halides is 3. The van der Waals surface area contributed by atoms with Crippen molar-refractivity contribution in [3.8, 4) is 5.88 Å². The molecule has 10 heteroatoms. The fourth-order valence-corrected chi connectivity index (χ4v) is 3.81. The highest BCUT2D eigenvalue weighted by Crippen LogP contribution is 2.52. The van der Waals surface area contributed by atoms with Gasteiger partial charge in [0.2, 0.25) is 11.8 Å².